The lowest BCUT2D eigenvalue weighted by Gasteiger charge is -2.45. The van der Waals surface area contributed by atoms with Gasteiger partial charge in [0.05, 0.1) is 0 Å². The second kappa shape index (κ2) is 9.40. The van der Waals surface area contributed by atoms with E-state index < -0.39 is 18.6 Å². The average molecular weight is 390 g/mol. The van der Waals surface area contributed by atoms with Crippen molar-refractivity contribution < 1.29 is 19.9 Å². The zero-order valence-corrected chi connectivity index (χ0v) is 17.3. The molecule has 7 heteroatoms. The lowest BCUT2D eigenvalue weighted by atomic mass is 9.66. The van der Waals surface area contributed by atoms with Gasteiger partial charge in [-0.2, -0.15) is 0 Å². The van der Waals surface area contributed by atoms with E-state index in [9.17, 15) is 9.90 Å². The Bertz CT molecular complexity index is 639. The molecule has 0 radical (unpaired) electrons. The Morgan fingerprint density at radius 2 is 1.79 bits per heavy atom. The van der Waals surface area contributed by atoms with Gasteiger partial charge in [-0.1, -0.05) is 57.9 Å². The zero-order chi connectivity index (χ0) is 20.9. The summed E-state index contributed by atoms with van der Waals surface area (Å²) in [6.07, 6.45) is 3.26. The van der Waals surface area contributed by atoms with E-state index in [1.54, 1.807) is 0 Å². The van der Waals surface area contributed by atoms with Crippen LogP contribution >= 0.6 is 0 Å². The number of nitrogens with two attached hydrogens (primary N) is 1. The second-order valence-electron chi connectivity index (χ2n) is 9.26. The number of rotatable bonds is 10. The first-order valence-corrected chi connectivity index (χ1v) is 10.2. The summed E-state index contributed by atoms with van der Waals surface area (Å²) in [4.78, 5) is 11.7. The molecule has 0 bridgehead atoms. The van der Waals surface area contributed by atoms with Gasteiger partial charge in [-0.15, -0.1) is 0 Å². The number of unbranched alkanes of at least 4 members (excludes halogenated alkanes) is 1. The van der Waals surface area contributed by atoms with Crippen LogP contribution in [0.15, 0.2) is 24.3 Å². The second-order valence-corrected chi connectivity index (χ2v) is 9.26. The standard InChI is InChI=1S/C21H35BN2O4/c1-20(2,3)16-8-6-15(7-9-16)14-24-18-12-17(13-18)21(23,19(25)26)10-4-5-11-22(27)28/h6-9,17-18,24,27-28H,4-5,10-14,23H2,1-3H3,(H,25,26)/t17-,18-,21-/m0/s1. The SMILES string of the molecule is CC(C)(C)c1ccc(CN[C@H]2C[C@H]([C@@](N)(CCCCB(O)O)C(=O)O)C2)cc1. The molecule has 6 nitrogen and oxygen atoms in total. The monoisotopic (exact) mass is 390 g/mol. The fourth-order valence-electron chi connectivity index (χ4n) is 3.82. The molecule has 0 aromatic heterocycles. The zero-order valence-electron chi connectivity index (χ0n) is 17.3. The van der Waals surface area contributed by atoms with Gasteiger partial charge in [0.15, 0.2) is 0 Å². The molecule has 1 fully saturated rings. The fourth-order valence-corrected chi connectivity index (χ4v) is 3.82. The van der Waals surface area contributed by atoms with Crippen LogP contribution in [0, 0.1) is 5.92 Å². The van der Waals surface area contributed by atoms with Gasteiger partial charge in [0.25, 0.3) is 0 Å². The number of carboxylic acids is 1. The molecule has 0 amide bonds. The van der Waals surface area contributed by atoms with Gasteiger partial charge in [-0.3, -0.25) is 4.79 Å². The first kappa shape index (κ1) is 22.9. The highest BCUT2D eigenvalue weighted by Gasteiger charge is 2.48. The van der Waals surface area contributed by atoms with Gasteiger partial charge in [0.1, 0.15) is 5.54 Å². The predicted octanol–water partition coefficient (Wildman–Crippen LogP) is 2.28. The van der Waals surface area contributed by atoms with Crippen LogP contribution in [0.4, 0.5) is 0 Å². The number of hydrogen-bond acceptors (Lipinski definition) is 5. The van der Waals surface area contributed by atoms with E-state index in [-0.39, 0.29) is 23.7 Å². The van der Waals surface area contributed by atoms with Crippen molar-refractivity contribution in [3.8, 4) is 0 Å². The van der Waals surface area contributed by atoms with Crippen LogP contribution in [-0.4, -0.2) is 39.8 Å². The summed E-state index contributed by atoms with van der Waals surface area (Å²) in [6, 6.07) is 8.90. The topological polar surface area (TPSA) is 116 Å². The van der Waals surface area contributed by atoms with Gasteiger partial charge in [-0.25, -0.2) is 0 Å². The Morgan fingerprint density at radius 1 is 1.18 bits per heavy atom. The summed E-state index contributed by atoms with van der Waals surface area (Å²) < 4.78 is 0. The van der Waals surface area contributed by atoms with Crippen molar-refractivity contribution in [2.24, 2.45) is 11.7 Å². The molecule has 1 aromatic carbocycles. The molecule has 2 rings (SSSR count). The summed E-state index contributed by atoms with van der Waals surface area (Å²) in [5.41, 5.74) is 7.68. The Kier molecular flexibility index (Phi) is 7.68. The third-order valence-corrected chi connectivity index (χ3v) is 5.98. The van der Waals surface area contributed by atoms with E-state index in [1.807, 2.05) is 0 Å². The Labute approximate surface area is 168 Å². The minimum absolute atomic E-state index is 0.0511. The van der Waals surface area contributed by atoms with Crippen molar-refractivity contribution in [1.82, 2.24) is 5.32 Å². The first-order valence-electron chi connectivity index (χ1n) is 10.2. The highest BCUT2D eigenvalue weighted by Crippen LogP contribution is 2.38. The van der Waals surface area contributed by atoms with E-state index in [1.165, 1.54) is 11.1 Å². The number of benzene rings is 1. The van der Waals surface area contributed by atoms with Crippen LogP contribution in [0.2, 0.25) is 6.32 Å². The number of aliphatic carboxylic acids is 1. The van der Waals surface area contributed by atoms with Crippen molar-refractivity contribution in [1.29, 1.82) is 0 Å². The van der Waals surface area contributed by atoms with Crippen molar-refractivity contribution in [2.75, 3.05) is 0 Å². The van der Waals surface area contributed by atoms with Crippen molar-refractivity contribution in [3.63, 3.8) is 0 Å². The third kappa shape index (κ3) is 6.04. The first-order chi connectivity index (χ1) is 13.0. The maximum Gasteiger partial charge on any atom is 0.451 e. The number of hydrogen-bond donors (Lipinski definition) is 5. The van der Waals surface area contributed by atoms with E-state index in [0.29, 0.717) is 19.3 Å². The van der Waals surface area contributed by atoms with Crippen LogP contribution in [0.25, 0.3) is 0 Å². The van der Waals surface area contributed by atoms with E-state index >= 15 is 0 Å². The maximum atomic E-state index is 11.7. The van der Waals surface area contributed by atoms with Crippen molar-refractivity contribution >= 4 is 13.1 Å². The number of carbonyl (C=O) groups is 1. The molecule has 0 unspecified atom stereocenters. The van der Waals surface area contributed by atoms with Crippen LogP contribution in [0.1, 0.15) is 64.0 Å². The highest BCUT2D eigenvalue weighted by molar-refractivity contribution is 6.40. The maximum absolute atomic E-state index is 11.7. The van der Waals surface area contributed by atoms with Gasteiger partial charge >= 0.3 is 13.1 Å². The summed E-state index contributed by atoms with van der Waals surface area (Å²) >= 11 is 0. The molecule has 156 valence electrons. The minimum atomic E-state index is -1.34. The van der Waals surface area contributed by atoms with Crippen LogP contribution in [-0.2, 0) is 16.8 Å². The summed E-state index contributed by atoms with van der Waals surface area (Å²) in [5, 5.41) is 30.9. The summed E-state index contributed by atoms with van der Waals surface area (Å²) in [5.74, 6) is -1.01. The average Bonchev–Trinajstić information content (AvgIpc) is 2.56. The molecule has 1 atom stereocenters. The van der Waals surface area contributed by atoms with Gasteiger partial charge in [0, 0.05) is 12.6 Å². The highest BCUT2D eigenvalue weighted by atomic mass is 16.4. The lowest BCUT2D eigenvalue weighted by Crippen LogP contribution is -2.61. The van der Waals surface area contributed by atoms with Gasteiger partial charge < -0.3 is 26.2 Å². The molecule has 1 aliphatic carbocycles. The number of carboxylic acid groups (broad SMARTS) is 1. The summed E-state index contributed by atoms with van der Waals surface area (Å²) in [7, 11) is -1.34. The normalized spacial score (nSPS) is 21.6. The minimum Gasteiger partial charge on any atom is -0.480 e. The van der Waals surface area contributed by atoms with Crippen LogP contribution in [0.3, 0.4) is 0 Å². The molecule has 0 aliphatic heterocycles. The molecule has 0 spiro atoms. The Hall–Kier alpha value is -1.41. The molecular formula is C21H35BN2O4. The van der Waals surface area contributed by atoms with E-state index in [4.69, 9.17) is 15.8 Å². The summed E-state index contributed by atoms with van der Waals surface area (Å²) in [6.45, 7) is 7.35. The van der Waals surface area contributed by atoms with Crippen molar-refractivity contribution in [3.05, 3.63) is 35.4 Å². The largest absolute Gasteiger partial charge is 0.480 e. The quantitative estimate of drug-likeness (QED) is 0.309. The molecule has 6 N–H and O–H groups in total. The van der Waals surface area contributed by atoms with E-state index in [0.717, 1.165) is 19.4 Å². The molecule has 0 saturated heterocycles. The molecule has 28 heavy (non-hydrogen) atoms. The van der Waals surface area contributed by atoms with Crippen molar-refractivity contribution in [2.45, 2.75) is 82.7 Å². The number of nitrogens with one attached hydrogen (secondary N) is 1. The third-order valence-electron chi connectivity index (χ3n) is 5.98. The molecule has 1 aromatic rings. The molecule has 1 saturated carbocycles. The van der Waals surface area contributed by atoms with Gasteiger partial charge in [-0.05, 0) is 48.0 Å². The van der Waals surface area contributed by atoms with E-state index in [2.05, 4.69) is 50.4 Å². The van der Waals surface area contributed by atoms with Gasteiger partial charge in [0.2, 0.25) is 0 Å². The lowest BCUT2D eigenvalue weighted by molar-refractivity contribution is -0.148. The smallest absolute Gasteiger partial charge is 0.451 e. The van der Waals surface area contributed by atoms with Crippen LogP contribution in [0.5, 0.6) is 0 Å². The fraction of sp³-hybridized carbons (Fsp3) is 0.667. The predicted molar refractivity (Wildman–Crippen MR) is 112 cm³/mol. The Morgan fingerprint density at radius 3 is 2.29 bits per heavy atom. The van der Waals surface area contributed by atoms with Crippen LogP contribution < -0.4 is 11.1 Å². The Balaban J connectivity index is 1.79. The molecule has 0 heterocycles. The molecule has 1 aliphatic rings. The molecular weight excluding hydrogens is 355 g/mol.